The number of rotatable bonds is 4. The minimum atomic E-state index is -0.236. The number of ether oxygens (including phenoxy) is 1. The zero-order valence-electron chi connectivity index (χ0n) is 9.69. The fourth-order valence-electron chi connectivity index (χ4n) is 2.36. The van der Waals surface area contributed by atoms with Gasteiger partial charge in [0.2, 0.25) is 6.08 Å². The Balaban J connectivity index is 1.73. The summed E-state index contributed by atoms with van der Waals surface area (Å²) in [5.41, 5.74) is 2.25. The molecular formula is C14H15NO2. The third kappa shape index (κ3) is 2.04. The average molecular weight is 229 g/mol. The molecule has 3 heteroatoms. The normalized spacial score (nSPS) is 21.4. The minimum absolute atomic E-state index is 0.236. The molecule has 0 bridgehead atoms. The summed E-state index contributed by atoms with van der Waals surface area (Å²) in [6, 6.07) is 8.49. The van der Waals surface area contributed by atoms with Crippen LogP contribution in [0.4, 0.5) is 0 Å². The van der Waals surface area contributed by atoms with E-state index in [1.807, 2.05) is 0 Å². The highest BCUT2D eigenvalue weighted by atomic mass is 16.5. The number of isocyanates is 1. The lowest BCUT2D eigenvalue weighted by Gasteiger charge is -2.26. The summed E-state index contributed by atoms with van der Waals surface area (Å²) in [5, 5.41) is 0. The van der Waals surface area contributed by atoms with E-state index in [-0.39, 0.29) is 5.54 Å². The monoisotopic (exact) mass is 229 g/mol. The lowest BCUT2D eigenvalue weighted by atomic mass is 9.96. The lowest BCUT2D eigenvalue weighted by molar-refractivity contribution is -0.0312. The van der Waals surface area contributed by atoms with E-state index in [0.717, 1.165) is 38.0 Å². The number of carbonyl (C=O) groups excluding carboxylic acids is 1. The van der Waals surface area contributed by atoms with Gasteiger partial charge in [-0.15, -0.1) is 0 Å². The number of benzene rings is 1. The molecule has 3 nitrogen and oxygen atoms in total. The van der Waals surface area contributed by atoms with E-state index in [4.69, 9.17) is 4.74 Å². The van der Waals surface area contributed by atoms with Crippen LogP contribution in [-0.2, 0) is 21.5 Å². The molecule has 2 fully saturated rings. The molecule has 0 aromatic heterocycles. The molecule has 17 heavy (non-hydrogen) atoms. The zero-order valence-corrected chi connectivity index (χ0v) is 9.69. The summed E-state index contributed by atoms with van der Waals surface area (Å²) in [7, 11) is 0. The first-order valence-corrected chi connectivity index (χ1v) is 6.09. The third-order valence-corrected chi connectivity index (χ3v) is 3.71. The second kappa shape index (κ2) is 4.10. The summed E-state index contributed by atoms with van der Waals surface area (Å²) < 4.78 is 5.17. The molecule has 0 spiro atoms. The zero-order chi connectivity index (χ0) is 11.7. The Morgan fingerprint density at radius 3 is 2.47 bits per heavy atom. The van der Waals surface area contributed by atoms with E-state index in [1.54, 1.807) is 6.08 Å². The first kappa shape index (κ1) is 10.7. The van der Waals surface area contributed by atoms with Gasteiger partial charge in [0.25, 0.3) is 0 Å². The van der Waals surface area contributed by atoms with Crippen LogP contribution >= 0.6 is 0 Å². The van der Waals surface area contributed by atoms with Crippen LogP contribution in [0.3, 0.4) is 0 Å². The molecule has 0 N–H and O–H groups in total. The third-order valence-electron chi connectivity index (χ3n) is 3.71. The maximum absolute atomic E-state index is 10.4. The molecule has 1 aromatic carbocycles. The van der Waals surface area contributed by atoms with E-state index in [0.29, 0.717) is 5.92 Å². The largest absolute Gasteiger partial charge is 0.381 e. The van der Waals surface area contributed by atoms with Crippen LogP contribution in [0.2, 0.25) is 0 Å². The van der Waals surface area contributed by atoms with Crippen molar-refractivity contribution in [3.05, 3.63) is 35.4 Å². The quantitative estimate of drug-likeness (QED) is 0.586. The summed E-state index contributed by atoms with van der Waals surface area (Å²) in [5.74, 6) is 0.684. The van der Waals surface area contributed by atoms with Gasteiger partial charge in [-0.25, -0.2) is 4.79 Å². The molecule has 1 saturated carbocycles. The highest BCUT2D eigenvalue weighted by Gasteiger charge is 2.44. The predicted octanol–water partition coefficient (Wildman–Crippen LogP) is 2.20. The molecule has 0 radical (unpaired) electrons. The Kier molecular flexibility index (Phi) is 2.58. The van der Waals surface area contributed by atoms with Crippen molar-refractivity contribution in [2.45, 2.75) is 24.8 Å². The van der Waals surface area contributed by atoms with Crippen LogP contribution in [0.5, 0.6) is 0 Å². The molecular weight excluding hydrogens is 214 g/mol. The Morgan fingerprint density at radius 1 is 1.29 bits per heavy atom. The lowest BCUT2D eigenvalue weighted by Crippen LogP contribution is -2.29. The van der Waals surface area contributed by atoms with Crippen LogP contribution in [0, 0.1) is 5.92 Å². The summed E-state index contributed by atoms with van der Waals surface area (Å²) in [6.45, 7) is 1.78. The fraction of sp³-hybridized carbons (Fsp3) is 0.500. The fourth-order valence-corrected chi connectivity index (χ4v) is 2.36. The summed E-state index contributed by atoms with van der Waals surface area (Å²) in [4.78, 5) is 14.3. The molecule has 1 heterocycles. The smallest absolute Gasteiger partial charge is 0.235 e. The first-order chi connectivity index (χ1) is 8.32. The molecule has 0 unspecified atom stereocenters. The summed E-state index contributed by atoms with van der Waals surface area (Å²) >= 11 is 0. The number of aliphatic imine (C=N–C) groups is 1. The van der Waals surface area contributed by atoms with Gasteiger partial charge in [0.15, 0.2) is 0 Å². The number of nitrogens with zero attached hydrogens (tertiary/aromatic N) is 1. The summed E-state index contributed by atoms with van der Waals surface area (Å²) in [6.07, 6.45) is 4.72. The van der Waals surface area contributed by atoms with Crippen molar-refractivity contribution in [2.75, 3.05) is 13.2 Å². The van der Waals surface area contributed by atoms with Gasteiger partial charge in [-0.3, -0.25) is 0 Å². The van der Waals surface area contributed by atoms with E-state index < -0.39 is 0 Å². The van der Waals surface area contributed by atoms with Crippen molar-refractivity contribution in [3.8, 4) is 0 Å². The Morgan fingerprint density at radius 2 is 2.00 bits per heavy atom. The highest BCUT2D eigenvalue weighted by Crippen LogP contribution is 2.49. The van der Waals surface area contributed by atoms with Crippen molar-refractivity contribution in [3.63, 3.8) is 0 Å². The second-order valence-corrected chi connectivity index (χ2v) is 5.04. The predicted molar refractivity (Wildman–Crippen MR) is 63.5 cm³/mol. The van der Waals surface area contributed by atoms with Crippen LogP contribution in [0.25, 0.3) is 0 Å². The van der Waals surface area contributed by atoms with Crippen LogP contribution in [-0.4, -0.2) is 19.3 Å². The SMILES string of the molecule is O=C=NC1(c2ccc(CC3COC3)cc2)CC1. The van der Waals surface area contributed by atoms with Gasteiger partial charge >= 0.3 is 0 Å². The average Bonchev–Trinajstić information content (AvgIpc) is 3.06. The second-order valence-electron chi connectivity index (χ2n) is 5.04. The topological polar surface area (TPSA) is 38.7 Å². The van der Waals surface area contributed by atoms with Crippen LogP contribution < -0.4 is 0 Å². The van der Waals surface area contributed by atoms with Gasteiger partial charge in [-0.1, -0.05) is 24.3 Å². The maximum atomic E-state index is 10.4. The molecule has 1 aliphatic heterocycles. The van der Waals surface area contributed by atoms with Crippen LogP contribution in [0.15, 0.2) is 29.3 Å². The van der Waals surface area contributed by atoms with Crippen molar-refractivity contribution >= 4 is 6.08 Å². The standard InChI is InChI=1S/C14H15NO2/c16-10-15-14(5-6-14)13-3-1-11(2-4-13)7-12-8-17-9-12/h1-4,12H,5-9H2. The van der Waals surface area contributed by atoms with Crippen molar-refractivity contribution < 1.29 is 9.53 Å². The Labute approximate surface area is 101 Å². The molecule has 1 aromatic rings. The van der Waals surface area contributed by atoms with E-state index in [1.165, 1.54) is 5.56 Å². The first-order valence-electron chi connectivity index (χ1n) is 6.09. The molecule has 0 atom stereocenters. The number of hydrogen-bond donors (Lipinski definition) is 0. The molecule has 1 saturated heterocycles. The molecule has 3 rings (SSSR count). The van der Waals surface area contributed by atoms with Crippen molar-refractivity contribution in [1.82, 2.24) is 0 Å². The van der Waals surface area contributed by atoms with E-state index in [2.05, 4.69) is 29.3 Å². The molecule has 88 valence electrons. The van der Waals surface area contributed by atoms with E-state index in [9.17, 15) is 4.79 Å². The van der Waals surface area contributed by atoms with Crippen LogP contribution in [0.1, 0.15) is 24.0 Å². The van der Waals surface area contributed by atoms with Gasteiger partial charge < -0.3 is 4.74 Å². The maximum Gasteiger partial charge on any atom is 0.235 e. The van der Waals surface area contributed by atoms with Gasteiger partial charge in [0, 0.05) is 5.92 Å². The Bertz CT molecular complexity index is 452. The molecule has 1 aliphatic carbocycles. The van der Waals surface area contributed by atoms with Gasteiger partial charge in [0.1, 0.15) is 0 Å². The number of hydrogen-bond acceptors (Lipinski definition) is 3. The van der Waals surface area contributed by atoms with Crippen molar-refractivity contribution in [2.24, 2.45) is 10.9 Å². The van der Waals surface area contributed by atoms with Crippen molar-refractivity contribution in [1.29, 1.82) is 0 Å². The van der Waals surface area contributed by atoms with E-state index >= 15 is 0 Å². The van der Waals surface area contributed by atoms with Gasteiger partial charge in [-0.2, -0.15) is 4.99 Å². The molecule has 0 amide bonds. The minimum Gasteiger partial charge on any atom is -0.381 e. The Hall–Kier alpha value is -1.44. The highest BCUT2D eigenvalue weighted by molar-refractivity contribution is 5.41. The molecule has 2 aliphatic rings. The van der Waals surface area contributed by atoms with Gasteiger partial charge in [-0.05, 0) is 30.4 Å². The van der Waals surface area contributed by atoms with Gasteiger partial charge in [0.05, 0.1) is 18.8 Å².